The van der Waals surface area contributed by atoms with Crippen LogP contribution < -0.4 is 9.47 Å². The highest BCUT2D eigenvalue weighted by Gasteiger charge is 2.16. The summed E-state index contributed by atoms with van der Waals surface area (Å²) in [6, 6.07) is 3.75. The number of benzene rings is 1. The summed E-state index contributed by atoms with van der Waals surface area (Å²) in [7, 11) is 0. The van der Waals surface area contributed by atoms with Crippen LogP contribution in [0.25, 0.3) is 0 Å². The van der Waals surface area contributed by atoms with Crippen molar-refractivity contribution >= 4 is 0 Å². The molecule has 0 aromatic heterocycles. The maximum absolute atomic E-state index is 8.91. The Bertz CT molecular complexity index is 352. The molecular weight excluding hydrogens is 232 g/mol. The van der Waals surface area contributed by atoms with Crippen molar-refractivity contribution in [1.29, 1.82) is 0 Å². The molecule has 0 amide bonds. The molecule has 1 aromatic carbocycles. The summed E-state index contributed by atoms with van der Waals surface area (Å²) in [5.74, 6) is 1.76. The highest BCUT2D eigenvalue weighted by atomic mass is 16.6. The van der Waals surface area contributed by atoms with Crippen LogP contribution in [0.2, 0.25) is 0 Å². The van der Waals surface area contributed by atoms with Gasteiger partial charge in [-0.1, -0.05) is 27.7 Å². The minimum Gasteiger partial charge on any atom is -0.467 e. The summed E-state index contributed by atoms with van der Waals surface area (Å²) < 4.78 is 10.4. The fourth-order valence-corrected chi connectivity index (χ4v) is 1.89. The van der Waals surface area contributed by atoms with Gasteiger partial charge in [0.2, 0.25) is 0 Å². The van der Waals surface area contributed by atoms with E-state index in [0.29, 0.717) is 11.5 Å². The molecule has 0 saturated carbocycles. The second-order valence-corrected chi connectivity index (χ2v) is 4.78. The predicted octanol–water partition coefficient (Wildman–Crippen LogP) is 2.59. The van der Waals surface area contributed by atoms with Crippen LogP contribution in [0.1, 0.15) is 50.7 Å². The van der Waals surface area contributed by atoms with Crippen LogP contribution in [-0.4, -0.2) is 23.8 Å². The number of aliphatic hydroxyl groups excluding tert-OH is 2. The lowest BCUT2D eigenvalue weighted by molar-refractivity contribution is 0.0906. The monoisotopic (exact) mass is 254 g/mol. The van der Waals surface area contributed by atoms with Crippen molar-refractivity contribution in [2.45, 2.75) is 39.5 Å². The summed E-state index contributed by atoms with van der Waals surface area (Å²) in [4.78, 5) is 0. The Balaban J connectivity index is 3.30. The van der Waals surface area contributed by atoms with Crippen molar-refractivity contribution in [3.05, 3.63) is 23.3 Å². The van der Waals surface area contributed by atoms with Crippen LogP contribution >= 0.6 is 0 Å². The number of ether oxygens (including phenoxy) is 2. The van der Waals surface area contributed by atoms with Gasteiger partial charge >= 0.3 is 0 Å². The van der Waals surface area contributed by atoms with Crippen molar-refractivity contribution in [2.24, 2.45) is 0 Å². The number of hydrogen-bond acceptors (Lipinski definition) is 4. The highest BCUT2D eigenvalue weighted by Crippen LogP contribution is 2.37. The van der Waals surface area contributed by atoms with Gasteiger partial charge in [-0.3, -0.25) is 0 Å². The second kappa shape index (κ2) is 6.61. The van der Waals surface area contributed by atoms with Crippen LogP contribution in [0.4, 0.5) is 0 Å². The van der Waals surface area contributed by atoms with Gasteiger partial charge in [-0.2, -0.15) is 0 Å². The molecule has 0 saturated heterocycles. The number of rotatable bonds is 6. The molecule has 1 aromatic rings. The molecule has 0 aliphatic heterocycles. The zero-order valence-electron chi connectivity index (χ0n) is 11.4. The molecule has 4 nitrogen and oxygen atoms in total. The van der Waals surface area contributed by atoms with Crippen molar-refractivity contribution in [3.63, 3.8) is 0 Å². The Kier molecular flexibility index (Phi) is 5.44. The Morgan fingerprint density at radius 2 is 1.22 bits per heavy atom. The lowest BCUT2D eigenvalue weighted by Crippen LogP contribution is -2.05. The molecule has 0 aliphatic carbocycles. The first kappa shape index (κ1) is 14.8. The van der Waals surface area contributed by atoms with Crippen LogP contribution in [0.3, 0.4) is 0 Å². The SMILES string of the molecule is CC(C)c1cc(C(C)C)c(OCO)cc1OCO. The van der Waals surface area contributed by atoms with E-state index in [2.05, 4.69) is 27.7 Å². The molecule has 0 unspecified atom stereocenters. The molecule has 0 spiro atoms. The van der Waals surface area contributed by atoms with Crippen molar-refractivity contribution < 1.29 is 19.7 Å². The van der Waals surface area contributed by atoms with E-state index in [4.69, 9.17) is 19.7 Å². The van der Waals surface area contributed by atoms with Gasteiger partial charge in [-0.25, -0.2) is 0 Å². The lowest BCUT2D eigenvalue weighted by Gasteiger charge is -2.19. The minimum atomic E-state index is -0.376. The zero-order chi connectivity index (χ0) is 13.7. The third kappa shape index (κ3) is 3.37. The zero-order valence-corrected chi connectivity index (χ0v) is 11.4. The summed E-state index contributed by atoms with van der Waals surface area (Å²) in [5, 5.41) is 17.8. The first-order chi connectivity index (χ1) is 8.51. The average molecular weight is 254 g/mol. The maximum atomic E-state index is 8.91. The van der Waals surface area contributed by atoms with Crippen LogP contribution in [0.15, 0.2) is 12.1 Å². The summed E-state index contributed by atoms with van der Waals surface area (Å²) in [6.45, 7) is 7.51. The molecule has 102 valence electrons. The van der Waals surface area contributed by atoms with Crippen molar-refractivity contribution in [3.8, 4) is 11.5 Å². The van der Waals surface area contributed by atoms with E-state index >= 15 is 0 Å². The van der Waals surface area contributed by atoms with Gasteiger partial charge in [-0.05, 0) is 29.0 Å². The summed E-state index contributed by atoms with van der Waals surface area (Å²) >= 11 is 0. The van der Waals surface area contributed by atoms with Crippen LogP contribution in [0, 0.1) is 0 Å². The third-order valence-corrected chi connectivity index (χ3v) is 2.83. The standard InChI is InChI=1S/C14H22O4/c1-9(2)11-5-12(10(3)4)14(18-8-16)6-13(11)17-7-15/h5-6,9-10,15-16H,7-8H2,1-4H3. The largest absolute Gasteiger partial charge is 0.467 e. The van der Waals surface area contributed by atoms with Gasteiger partial charge in [0, 0.05) is 6.07 Å². The third-order valence-electron chi connectivity index (χ3n) is 2.83. The van der Waals surface area contributed by atoms with Crippen molar-refractivity contribution in [1.82, 2.24) is 0 Å². The van der Waals surface area contributed by atoms with E-state index in [9.17, 15) is 0 Å². The lowest BCUT2D eigenvalue weighted by atomic mass is 9.94. The Labute approximate surface area is 108 Å². The molecule has 0 radical (unpaired) electrons. The van der Waals surface area contributed by atoms with Gasteiger partial charge in [0.05, 0.1) is 0 Å². The van der Waals surface area contributed by atoms with E-state index in [1.54, 1.807) is 6.07 Å². The minimum absolute atomic E-state index is 0.284. The first-order valence-corrected chi connectivity index (χ1v) is 6.16. The molecule has 2 N–H and O–H groups in total. The predicted molar refractivity (Wildman–Crippen MR) is 70.0 cm³/mol. The number of hydrogen-bond donors (Lipinski definition) is 2. The molecule has 1 rings (SSSR count). The van der Waals surface area contributed by atoms with Crippen LogP contribution in [-0.2, 0) is 0 Å². The molecule has 0 heterocycles. The van der Waals surface area contributed by atoms with Crippen LogP contribution in [0.5, 0.6) is 11.5 Å². The van der Waals surface area contributed by atoms with Gasteiger partial charge < -0.3 is 19.7 Å². The molecule has 0 aliphatic rings. The molecule has 0 fully saturated rings. The highest BCUT2D eigenvalue weighted by molar-refractivity contribution is 5.49. The summed E-state index contributed by atoms with van der Waals surface area (Å²) in [5.41, 5.74) is 2.05. The quantitative estimate of drug-likeness (QED) is 0.766. The van der Waals surface area contributed by atoms with Gasteiger partial charge in [-0.15, -0.1) is 0 Å². The van der Waals surface area contributed by atoms with Gasteiger partial charge in [0.25, 0.3) is 0 Å². The second-order valence-electron chi connectivity index (χ2n) is 4.78. The number of aliphatic hydroxyl groups is 2. The smallest absolute Gasteiger partial charge is 0.186 e. The van der Waals surface area contributed by atoms with Gasteiger partial charge in [0.1, 0.15) is 11.5 Å². The molecule has 0 bridgehead atoms. The summed E-state index contributed by atoms with van der Waals surface area (Å²) in [6.07, 6.45) is 0. The Morgan fingerprint density at radius 3 is 1.50 bits per heavy atom. The first-order valence-electron chi connectivity index (χ1n) is 6.16. The Morgan fingerprint density at radius 1 is 0.833 bits per heavy atom. The fourth-order valence-electron chi connectivity index (χ4n) is 1.89. The van der Waals surface area contributed by atoms with E-state index in [-0.39, 0.29) is 25.4 Å². The molecule has 0 atom stereocenters. The van der Waals surface area contributed by atoms with E-state index in [1.165, 1.54) is 0 Å². The average Bonchev–Trinajstić information content (AvgIpc) is 2.29. The topological polar surface area (TPSA) is 58.9 Å². The van der Waals surface area contributed by atoms with Gasteiger partial charge in [0.15, 0.2) is 13.6 Å². The van der Waals surface area contributed by atoms with Crippen molar-refractivity contribution in [2.75, 3.05) is 13.6 Å². The fraction of sp³-hybridized carbons (Fsp3) is 0.571. The normalized spacial score (nSPS) is 11.1. The van der Waals surface area contributed by atoms with E-state index in [0.717, 1.165) is 11.1 Å². The molecule has 4 heteroatoms. The molecule has 18 heavy (non-hydrogen) atoms. The maximum Gasteiger partial charge on any atom is 0.186 e. The van der Waals surface area contributed by atoms with E-state index in [1.807, 2.05) is 6.07 Å². The molecular formula is C14H22O4. The Hall–Kier alpha value is -1.26. The van der Waals surface area contributed by atoms with E-state index < -0.39 is 0 Å².